The van der Waals surface area contributed by atoms with Crippen LogP contribution >= 0.6 is 22.6 Å². The zero-order chi connectivity index (χ0) is 17.4. The highest BCUT2D eigenvalue weighted by Crippen LogP contribution is 2.21. The Hall–Kier alpha value is -2.35. The molecular formula is C18H18IN3O2. The number of phenolic OH excluding ortho intramolecular Hbond substituents is 1. The Kier molecular flexibility index (Phi) is 6.80. The molecule has 1 amide bonds. The van der Waals surface area contributed by atoms with Crippen molar-refractivity contribution in [3.63, 3.8) is 0 Å². The topological polar surface area (TPSA) is 73.7 Å². The van der Waals surface area contributed by atoms with E-state index in [-0.39, 0.29) is 18.2 Å². The molecule has 0 heterocycles. The molecule has 2 rings (SSSR count). The van der Waals surface area contributed by atoms with Gasteiger partial charge in [-0.25, -0.2) is 5.43 Å². The van der Waals surface area contributed by atoms with Gasteiger partial charge in [-0.3, -0.25) is 4.79 Å². The molecule has 0 spiro atoms. The number of para-hydroxylation sites is 1. The van der Waals surface area contributed by atoms with Gasteiger partial charge in [0.05, 0.1) is 12.8 Å². The van der Waals surface area contributed by atoms with E-state index in [9.17, 15) is 9.90 Å². The molecular weight excluding hydrogens is 417 g/mol. The summed E-state index contributed by atoms with van der Waals surface area (Å²) in [4.78, 5) is 11.8. The quantitative estimate of drug-likeness (QED) is 0.271. The van der Waals surface area contributed by atoms with Gasteiger partial charge in [-0.2, -0.15) is 5.10 Å². The van der Waals surface area contributed by atoms with Crippen molar-refractivity contribution in [1.29, 1.82) is 0 Å². The van der Waals surface area contributed by atoms with E-state index < -0.39 is 0 Å². The van der Waals surface area contributed by atoms with Crippen LogP contribution in [0.25, 0.3) is 0 Å². The smallest absolute Gasteiger partial charge is 0.259 e. The molecule has 0 aromatic heterocycles. The minimum Gasteiger partial charge on any atom is -0.507 e. The number of aromatic hydroxyl groups is 1. The lowest BCUT2D eigenvalue weighted by Gasteiger charge is -2.06. The molecule has 0 aliphatic heterocycles. The van der Waals surface area contributed by atoms with Gasteiger partial charge in [-0.1, -0.05) is 18.2 Å². The molecule has 2 aromatic rings. The van der Waals surface area contributed by atoms with Gasteiger partial charge >= 0.3 is 0 Å². The summed E-state index contributed by atoms with van der Waals surface area (Å²) in [6.45, 7) is 3.76. The number of benzene rings is 2. The Labute approximate surface area is 154 Å². The molecule has 0 saturated heterocycles. The third-order valence-corrected chi connectivity index (χ3v) is 3.92. The van der Waals surface area contributed by atoms with Crippen LogP contribution in [0.2, 0.25) is 0 Å². The second-order valence-electron chi connectivity index (χ2n) is 5.00. The minimum atomic E-state index is -0.272. The molecule has 0 fully saturated rings. The number of amides is 1. The molecule has 2 aromatic carbocycles. The summed E-state index contributed by atoms with van der Waals surface area (Å²) < 4.78 is 1.13. The van der Waals surface area contributed by atoms with E-state index >= 15 is 0 Å². The number of hydrogen-bond donors (Lipinski definition) is 3. The Morgan fingerprint density at radius 1 is 1.25 bits per heavy atom. The molecule has 0 radical (unpaired) electrons. The lowest BCUT2D eigenvalue weighted by molar-refractivity contribution is -0.119. The van der Waals surface area contributed by atoms with Crippen LogP contribution in [-0.2, 0) is 11.2 Å². The van der Waals surface area contributed by atoms with Crippen LogP contribution in [0, 0.1) is 3.57 Å². The maximum atomic E-state index is 11.8. The summed E-state index contributed by atoms with van der Waals surface area (Å²) in [7, 11) is 0. The Morgan fingerprint density at radius 3 is 2.71 bits per heavy atom. The Morgan fingerprint density at radius 2 is 2.00 bits per heavy atom. The second kappa shape index (κ2) is 9.07. The Bertz CT molecular complexity index is 742. The van der Waals surface area contributed by atoms with Crippen LogP contribution in [-0.4, -0.2) is 23.8 Å². The molecule has 0 saturated carbocycles. The summed E-state index contributed by atoms with van der Waals surface area (Å²) in [5.74, 6) is -0.126. The number of rotatable bonds is 7. The fraction of sp³-hybridized carbons (Fsp3) is 0.111. The first-order valence-corrected chi connectivity index (χ1v) is 8.41. The number of phenols is 1. The third-order valence-electron chi connectivity index (χ3n) is 3.21. The van der Waals surface area contributed by atoms with E-state index in [2.05, 4.69) is 45.0 Å². The van der Waals surface area contributed by atoms with E-state index in [1.807, 2.05) is 36.4 Å². The maximum absolute atomic E-state index is 11.8. The molecule has 124 valence electrons. The third kappa shape index (κ3) is 5.38. The highest BCUT2D eigenvalue weighted by atomic mass is 127. The molecule has 0 unspecified atom stereocenters. The molecule has 6 heteroatoms. The highest BCUT2D eigenvalue weighted by molar-refractivity contribution is 14.1. The minimum absolute atomic E-state index is 0.112. The zero-order valence-corrected chi connectivity index (χ0v) is 15.2. The monoisotopic (exact) mass is 435 g/mol. The Balaban J connectivity index is 1.87. The first kappa shape index (κ1) is 18.0. The molecule has 5 nitrogen and oxygen atoms in total. The van der Waals surface area contributed by atoms with Crippen LogP contribution in [0.15, 0.2) is 60.2 Å². The number of anilines is 1. The van der Waals surface area contributed by atoms with E-state index in [0.29, 0.717) is 12.0 Å². The summed E-state index contributed by atoms with van der Waals surface area (Å²) >= 11 is 2.22. The number of nitrogens with zero attached hydrogens (tertiary/aromatic N) is 1. The van der Waals surface area contributed by atoms with Crippen molar-refractivity contribution < 1.29 is 9.90 Å². The fourth-order valence-electron chi connectivity index (χ4n) is 2.00. The van der Waals surface area contributed by atoms with Crippen molar-refractivity contribution in [1.82, 2.24) is 5.43 Å². The normalized spacial score (nSPS) is 10.5. The zero-order valence-electron chi connectivity index (χ0n) is 13.0. The second-order valence-corrected chi connectivity index (χ2v) is 6.25. The van der Waals surface area contributed by atoms with Crippen LogP contribution in [0.3, 0.4) is 0 Å². The summed E-state index contributed by atoms with van der Waals surface area (Å²) in [5, 5.41) is 17.0. The van der Waals surface area contributed by atoms with Gasteiger partial charge in [-0.05, 0) is 64.9 Å². The number of carbonyl (C=O) groups is 1. The molecule has 24 heavy (non-hydrogen) atoms. The standard InChI is InChI=1S/C18H18IN3O2/c1-2-4-13-5-3-6-14(18(13)24)11-21-22-17(23)12-20-16-9-7-15(19)8-10-16/h2-3,5-11,20,24H,1,4,12H2,(H,22,23)/b21-11+. The van der Waals surface area contributed by atoms with Crippen molar-refractivity contribution in [2.24, 2.45) is 5.10 Å². The van der Waals surface area contributed by atoms with Crippen molar-refractivity contribution in [3.8, 4) is 5.75 Å². The van der Waals surface area contributed by atoms with Crippen LogP contribution in [0.4, 0.5) is 5.69 Å². The predicted octanol–water partition coefficient (Wildman–Crippen LogP) is 3.29. The van der Waals surface area contributed by atoms with Gasteiger partial charge in [-0.15, -0.1) is 6.58 Å². The van der Waals surface area contributed by atoms with Gasteiger partial charge in [0.25, 0.3) is 5.91 Å². The van der Waals surface area contributed by atoms with Gasteiger partial charge in [0.2, 0.25) is 0 Å². The number of allylic oxidation sites excluding steroid dienone is 1. The largest absolute Gasteiger partial charge is 0.507 e. The van der Waals surface area contributed by atoms with E-state index in [0.717, 1.165) is 14.8 Å². The van der Waals surface area contributed by atoms with Crippen LogP contribution in [0.5, 0.6) is 5.75 Å². The van der Waals surface area contributed by atoms with Gasteiger partial charge in [0, 0.05) is 14.8 Å². The van der Waals surface area contributed by atoms with E-state index in [1.54, 1.807) is 12.1 Å². The van der Waals surface area contributed by atoms with Crippen molar-refractivity contribution in [2.75, 3.05) is 11.9 Å². The summed E-state index contributed by atoms with van der Waals surface area (Å²) in [6.07, 6.45) is 3.71. The molecule has 0 aliphatic rings. The highest BCUT2D eigenvalue weighted by Gasteiger charge is 2.04. The predicted molar refractivity (Wildman–Crippen MR) is 105 cm³/mol. The number of hydrogen-bond acceptors (Lipinski definition) is 4. The van der Waals surface area contributed by atoms with Gasteiger partial charge in [0.1, 0.15) is 5.75 Å². The average molecular weight is 435 g/mol. The summed E-state index contributed by atoms with van der Waals surface area (Å²) in [5.41, 5.74) is 4.60. The van der Waals surface area contributed by atoms with E-state index in [1.165, 1.54) is 6.21 Å². The van der Waals surface area contributed by atoms with Crippen LogP contribution < -0.4 is 10.7 Å². The fourth-order valence-corrected chi connectivity index (χ4v) is 2.36. The lowest BCUT2D eigenvalue weighted by Crippen LogP contribution is -2.25. The van der Waals surface area contributed by atoms with Crippen LogP contribution in [0.1, 0.15) is 11.1 Å². The first-order chi connectivity index (χ1) is 11.6. The van der Waals surface area contributed by atoms with Gasteiger partial charge < -0.3 is 10.4 Å². The lowest BCUT2D eigenvalue weighted by atomic mass is 10.1. The molecule has 0 atom stereocenters. The molecule has 0 bridgehead atoms. The number of nitrogens with one attached hydrogen (secondary N) is 2. The van der Waals surface area contributed by atoms with Crippen molar-refractivity contribution >= 4 is 40.4 Å². The van der Waals surface area contributed by atoms with Crippen molar-refractivity contribution in [2.45, 2.75) is 6.42 Å². The summed E-state index contributed by atoms with van der Waals surface area (Å²) in [6, 6.07) is 13.1. The first-order valence-electron chi connectivity index (χ1n) is 7.33. The molecule has 0 aliphatic carbocycles. The van der Waals surface area contributed by atoms with Gasteiger partial charge in [0.15, 0.2) is 0 Å². The SMILES string of the molecule is C=CCc1cccc(/C=N/NC(=O)CNc2ccc(I)cc2)c1O. The number of halogens is 1. The number of carbonyl (C=O) groups excluding carboxylic acids is 1. The average Bonchev–Trinajstić information content (AvgIpc) is 2.58. The molecule has 3 N–H and O–H groups in total. The maximum Gasteiger partial charge on any atom is 0.259 e. The number of hydrazone groups is 1. The van der Waals surface area contributed by atoms with Crippen molar-refractivity contribution in [3.05, 3.63) is 69.8 Å². The van der Waals surface area contributed by atoms with E-state index in [4.69, 9.17) is 0 Å².